The highest BCUT2D eigenvalue weighted by atomic mass is 16.4. The first-order chi connectivity index (χ1) is 8.29. The van der Waals surface area contributed by atoms with E-state index in [0.717, 1.165) is 6.54 Å². The maximum atomic E-state index is 5.60. The van der Waals surface area contributed by atoms with Gasteiger partial charge >= 0.3 is 6.01 Å². The van der Waals surface area contributed by atoms with E-state index in [-0.39, 0.29) is 0 Å². The lowest BCUT2D eigenvalue weighted by molar-refractivity contribution is 0.463. The SMILES string of the molecule is CCCCCN(C)c1nnc(CNC2CC2)o1. The van der Waals surface area contributed by atoms with Gasteiger partial charge in [0.1, 0.15) is 0 Å². The van der Waals surface area contributed by atoms with Crippen molar-refractivity contribution in [3.63, 3.8) is 0 Å². The molecule has 0 aromatic carbocycles. The van der Waals surface area contributed by atoms with Crippen LogP contribution in [0.3, 0.4) is 0 Å². The summed E-state index contributed by atoms with van der Waals surface area (Å²) in [6.07, 6.45) is 6.20. The van der Waals surface area contributed by atoms with Gasteiger partial charge in [-0.25, -0.2) is 0 Å². The Morgan fingerprint density at radius 1 is 1.35 bits per heavy atom. The predicted octanol–water partition coefficient (Wildman–Crippen LogP) is 1.95. The van der Waals surface area contributed by atoms with Crippen LogP contribution in [0.4, 0.5) is 6.01 Å². The number of hydrogen-bond donors (Lipinski definition) is 1. The number of unbranched alkanes of at least 4 members (excludes halogenated alkanes) is 2. The minimum atomic E-state index is 0.633. The molecule has 1 aromatic rings. The fraction of sp³-hybridized carbons (Fsp3) is 0.833. The van der Waals surface area contributed by atoms with E-state index < -0.39 is 0 Å². The second kappa shape index (κ2) is 6.00. The summed E-state index contributed by atoms with van der Waals surface area (Å²) in [5.74, 6) is 0.689. The lowest BCUT2D eigenvalue weighted by atomic mass is 10.2. The molecule has 96 valence electrons. The topological polar surface area (TPSA) is 54.2 Å². The largest absolute Gasteiger partial charge is 0.407 e. The van der Waals surface area contributed by atoms with E-state index in [1.165, 1.54) is 32.1 Å². The summed E-state index contributed by atoms with van der Waals surface area (Å²) in [6, 6.07) is 1.31. The average Bonchev–Trinajstić information content (AvgIpc) is 3.04. The van der Waals surface area contributed by atoms with Gasteiger partial charge < -0.3 is 14.6 Å². The average molecular weight is 238 g/mol. The molecule has 0 atom stereocenters. The predicted molar refractivity (Wildman–Crippen MR) is 67.0 cm³/mol. The molecule has 2 rings (SSSR count). The van der Waals surface area contributed by atoms with Crippen LogP contribution in [0.15, 0.2) is 4.42 Å². The van der Waals surface area contributed by atoms with Crippen molar-refractivity contribution >= 4 is 6.01 Å². The molecule has 1 heterocycles. The van der Waals surface area contributed by atoms with Gasteiger partial charge in [0, 0.05) is 19.6 Å². The lowest BCUT2D eigenvalue weighted by Crippen LogP contribution is -2.18. The summed E-state index contributed by atoms with van der Waals surface area (Å²) in [5, 5.41) is 11.5. The molecule has 1 aliphatic rings. The third-order valence-electron chi connectivity index (χ3n) is 3.00. The van der Waals surface area contributed by atoms with Crippen molar-refractivity contribution in [3.05, 3.63) is 5.89 Å². The van der Waals surface area contributed by atoms with Crippen LogP contribution in [0, 0.1) is 0 Å². The molecule has 1 fully saturated rings. The van der Waals surface area contributed by atoms with E-state index in [1.54, 1.807) is 0 Å². The Hall–Kier alpha value is -1.10. The standard InChI is InChI=1S/C12H22N4O/c1-3-4-5-8-16(2)12-15-14-11(17-12)9-13-10-6-7-10/h10,13H,3-9H2,1-2H3. The number of hydrogen-bond acceptors (Lipinski definition) is 5. The van der Waals surface area contributed by atoms with Crippen molar-refractivity contribution in [1.82, 2.24) is 15.5 Å². The number of aromatic nitrogens is 2. The van der Waals surface area contributed by atoms with Gasteiger partial charge in [-0.3, -0.25) is 0 Å². The monoisotopic (exact) mass is 238 g/mol. The van der Waals surface area contributed by atoms with Gasteiger partial charge in [0.25, 0.3) is 0 Å². The maximum Gasteiger partial charge on any atom is 0.317 e. The molecule has 0 spiro atoms. The van der Waals surface area contributed by atoms with Crippen molar-refractivity contribution in [2.75, 3.05) is 18.5 Å². The Labute approximate surface area is 103 Å². The van der Waals surface area contributed by atoms with Gasteiger partial charge in [-0.1, -0.05) is 24.9 Å². The summed E-state index contributed by atoms with van der Waals surface area (Å²) in [4.78, 5) is 2.03. The molecule has 0 bridgehead atoms. The van der Waals surface area contributed by atoms with Gasteiger partial charge in [-0.15, -0.1) is 5.10 Å². The quantitative estimate of drug-likeness (QED) is 0.701. The van der Waals surface area contributed by atoms with Crippen LogP contribution < -0.4 is 10.2 Å². The highest BCUT2D eigenvalue weighted by Crippen LogP contribution is 2.19. The third kappa shape index (κ3) is 4.00. The second-order valence-corrected chi connectivity index (χ2v) is 4.76. The molecule has 1 aromatic heterocycles. The van der Waals surface area contributed by atoms with Crippen molar-refractivity contribution < 1.29 is 4.42 Å². The Morgan fingerprint density at radius 2 is 2.18 bits per heavy atom. The Balaban J connectivity index is 1.75. The van der Waals surface area contributed by atoms with Gasteiger partial charge in [0.05, 0.1) is 6.54 Å². The Kier molecular flexibility index (Phi) is 4.36. The first-order valence-electron chi connectivity index (χ1n) is 6.56. The van der Waals surface area contributed by atoms with Crippen molar-refractivity contribution in [2.45, 2.75) is 51.6 Å². The smallest absolute Gasteiger partial charge is 0.317 e. The lowest BCUT2D eigenvalue weighted by Gasteiger charge is -2.12. The normalized spacial score (nSPS) is 15.2. The molecule has 0 unspecified atom stereocenters. The van der Waals surface area contributed by atoms with Crippen LogP contribution in [-0.2, 0) is 6.54 Å². The second-order valence-electron chi connectivity index (χ2n) is 4.76. The minimum absolute atomic E-state index is 0.633. The van der Waals surface area contributed by atoms with E-state index in [0.29, 0.717) is 24.5 Å². The molecule has 5 nitrogen and oxygen atoms in total. The fourth-order valence-electron chi connectivity index (χ4n) is 1.68. The zero-order valence-corrected chi connectivity index (χ0v) is 10.8. The van der Waals surface area contributed by atoms with E-state index in [2.05, 4.69) is 22.4 Å². The molecule has 1 saturated carbocycles. The zero-order chi connectivity index (χ0) is 12.1. The summed E-state index contributed by atoms with van der Waals surface area (Å²) in [7, 11) is 2.00. The molecular weight excluding hydrogens is 216 g/mol. The van der Waals surface area contributed by atoms with Crippen LogP contribution in [0.5, 0.6) is 0 Å². The van der Waals surface area contributed by atoms with Crippen LogP contribution in [0.1, 0.15) is 44.9 Å². The van der Waals surface area contributed by atoms with E-state index >= 15 is 0 Å². The molecule has 0 aliphatic heterocycles. The zero-order valence-electron chi connectivity index (χ0n) is 10.8. The van der Waals surface area contributed by atoms with Crippen molar-refractivity contribution in [3.8, 4) is 0 Å². The molecule has 0 amide bonds. The number of anilines is 1. The van der Waals surface area contributed by atoms with Crippen LogP contribution in [-0.4, -0.2) is 29.8 Å². The Morgan fingerprint density at radius 3 is 2.88 bits per heavy atom. The highest BCUT2D eigenvalue weighted by molar-refractivity contribution is 5.21. The molecule has 0 saturated heterocycles. The van der Waals surface area contributed by atoms with E-state index in [4.69, 9.17) is 4.42 Å². The van der Waals surface area contributed by atoms with Gasteiger partial charge in [-0.05, 0) is 19.3 Å². The van der Waals surface area contributed by atoms with Gasteiger partial charge in [-0.2, -0.15) is 0 Å². The van der Waals surface area contributed by atoms with Crippen molar-refractivity contribution in [1.29, 1.82) is 0 Å². The number of rotatable bonds is 8. The molecule has 17 heavy (non-hydrogen) atoms. The highest BCUT2D eigenvalue weighted by Gasteiger charge is 2.21. The van der Waals surface area contributed by atoms with Crippen LogP contribution in [0.2, 0.25) is 0 Å². The van der Waals surface area contributed by atoms with Crippen LogP contribution in [0.25, 0.3) is 0 Å². The fourth-order valence-corrected chi connectivity index (χ4v) is 1.68. The first kappa shape index (κ1) is 12.4. The molecule has 0 radical (unpaired) electrons. The summed E-state index contributed by atoms with van der Waals surface area (Å²) in [5.41, 5.74) is 0. The summed E-state index contributed by atoms with van der Waals surface area (Å²) < 4.78 is 5.60. The van der Waals surface area contributed by atoms with Gasteiger partial charge in [0.15, 0.2) is 0 Å². The molecular formula is C12H22N4O. The van der Waals surface area contributed by atoms with Crippen molar-refractivity contribution in [2.24, 2.45) is 0 Å². The Bertz CT molecular complexity index is 335. The number of nitrogens with one attached hydrogen (secondary N) is 1. The molecule has 1 aliphatic carbocycles. The first-order valence-corrected chi connectivity index (χ1v) is 6.56. The molecule has 5 heteroatoms. The van der Waals surface area contributed by atoms with Crippen LogP contribution >= 0.6 is 0 Å². The third-order valence-corrected chi connectivity index (χ3v) is 3.00. The number of nitrogens with zero attached hydrogens (tertiary/aromatic N) is 3. The maximum absolute atomic E-state index is 5.60. The van der Waals surface area contributed by atoms with Gasteiger partial charge in [0.2, 0.25) is 5.89 Å². The van der Waals surface area contributed by atoms with E-state index in [9.17, 15) is 0 Å². The molecule has 1 N–H and O–H groups in total. The summed E-state index contributed by atoms with van der Waals surface area (Å²) in [6.45, 7) is 3.88. The summed E-state index contributed by atoms with van der Waals surface area (Å²) >= 11 is 0. The van der Waals surface area contributed by atoms with E-state index in [1.807, 2.05) is 11.9 Å². The minimum Gasteiger partial charge on any atom is -0.407 e.